The summed E-state index contributed by atoms with van der Waals surface area (Å²) in [6.07, 6.45) is -0.929. The second-order valence-electron chi connectivity index (χ2n) is 1.62. The predicted octanol–water partition coefficient (Wildman–Crippen LogP) is -9.62. The predicted molar refractivity (Wildman–Crippen MR) is 37.1 cm³/mol. The summed E-state index contributed by atoms with van der Waals surface area (Å²) < 4.78 is 13.1. The minimum atomic E-state index is -3.63. The van der Waals surface area contributed by atoms with Crippen molar-refractivity contribution in [2.24, 2.45) is 5.73 Å². The van der Waals surface area contributed by atoms with Gasteiger partial charge in [-0.3, -0.25) is 0 Å². The normalized spacial score (nSPS) is 10.4. The van der Waals surface area contributed by atoms with Gasteiger partial charge in [0.25, 0.3) is 0 Å². The summed E-state index contributed by atoms with van der Waals surface area (Å²) in [5.74, 6) is 0. The molecule has 7 nitrogen and oxygen atoms in total. The van der Waals surface area contributed by atoms with Gasteiger partial charge in [0.2, 0.25) is 0 Å². The maximum Gasteiger partial charge on any atom is 1.00 e. The van der Waals surface area contributed by atoms with E-state index in [-0.39, 0.29) is 78.9 Å². The quantitative estimate of drug-likeness (QED) is 0.194. The molecule has 4 N–H and O–H groups in total. The van der Waals surface area contributed by atoms with E-state index in [2.05, 4.69) is 4.74 Å². The standard InChI is InChI=1S/C4H11NO3.2Na.H3O3P/c5-4(7)3-8-2-1-6;;;1-4(2)3/h4,6-7H,1-3,5H2;;;4H,(H2,1,2,3)/q;2*+1;/p-2. The van der Waals surface area contributed by atoms with Crippen molar-refractivity contribution in [1.29, 1.82) is 0 Å². The molecule has 0 aromatic heterocycles. The summed E-state index contributed by atoms with van der Waals surface area (Å²) in [6, 6.07) is 0. The molecule has 0 amide bonds. The van der Waals surface area contributed by atoms with E-state index >= 15 is 0 Å². The maximum absolute atomic E-state index is 8.52. The van der Waals surface area contributed by atoms with Crippen LogP contribution in [-0.4, -0.2) is 36.3 Å². The van der Waals surface area contributed by atoms with Crippen molar-refractivity contribution in [1.82, 2.24) is 0 Å². The molecular weight excluding hydrogens is 235 g/mol. The van der Waals surface area contributed by atoms with Gasteiger partial charge in [-0.15, -0.1) is 0 Å². The summed E-state index contributed by atoms with van der Waals surface area (Å²) in [7, 11) is -3.63. The smallest absolute Gasteiger partial charge is 0.813 e. The number of hydrogen-bond acceptors (Lipinski definition) is 7. The van der Waals surface area contributed by atoms with Gasteiger partial charge < -0.3 is 35.0 Å². The molecule has 1 atom stereocenters. The molecule has 1 unspecified atom stereocenters. The van der Waals surface area contributed by atoms with Crippen molar-refractivity contribution in [3.8, 4) is 0 Å². The number of hydrogen-bond donors (Lipinski definition) is 3. The first-order valence-corrected chi connectivity index (χ1v) is 4.23. The number of aliphatic hydroxyl groups excluding tert-OH is 2. The Morgan fingerprint density at radius 3 is 2.00 bits per heavy atom. The molecule has 14 heavy (non-hydrogen) atoms. The SMILES string of the molecule is NC(O)COCCO.O=[PH]([O-])[O-].[Na+].[Na+]. The Hall–Kier alpha value is 1.99. The first kappa shape index (κ1) is 25.0. The topological polar surface area (TPSA) is 139 Å². The average molecular weight is 247 g/mol. The molecule has 0 spiro atoms. The molecule has 0 aromatic carbocycles. The molecular formula is C4H12NNa2O6P. The van der Waals surface area contributed by atoms with Gasteiger partial charge >= 0.3 is 59.1 Å². The van der Waals surface area contributed by atoms with Crippen molar-refractivity contribution in [2.45, 2.75) is 6.23 Å². The molecule has 10 heteroatoms. The summed E-state index contributed by atoms with van der Waals surface area (Å²) >= 11 is 0. The van der Waals surface area contributed by atoms with Crippen molar-refractivity contribution >= 4 is 8.25 Å². The average Bonchev–Trinajstić information content (AvgIpc) is 1.86. The zero-order valence-electron chi connectivity index (χ0n) is 8.30. The first-order chi connectivity index (χ1) is 5.50. The summed E-state index contributed by atoms with van der Waals surface area (Å²) in [4.78, 5) is 17.0. The first-order valence-electron chi connectivity index (χ1n) is 3.01. The molecule has 0 bridgehead atoms. The Morgan fingerprint density at radius 1 is 1.43 bits per heavy atom. The van der Waals surface area contributed by atoms with Gasteiger partial charge in [0.05, 0.1) is 19.8 Å². The van der Waals surface area contributed by atoms with Crippen LogP contribution in [0.4, 0.5) is 0 Å². The van der Waals surface area contributed by atoms with E-state index in [4.69, 9.17) is 30.3 Å². The molecule has 0 rings (SSSR count). The molecule has 0 saturated carbocycles. The Labute approximate surface area is 127 Å². The number of aliphatic hydroxyl groups is 2. The molecule has 0 radical (unpaired) electrons. The molecule has 0 aliphatic heterocycles. The van der Waals surface area contributed by atoms with Gasteiger partial charge in [0.15, 0.2) is 0 Å². The van der Waals surface area contributed by atoms with Crippen LogP contribution in [0.3, 0.4) is 0 Å². The van der Waals surface area contributed by atoms with Crippen molar-refractivity contribution in [3.63, 3.8) is 0 Å². The van der Waals surface area contributed by atoms with Crippen LogP contribution in [0.2, 0.25) is 0 Å². The third-order valence-electron chi connectivity index (χ3n) is 0.524. The third kappa shape index (κ3) is 48.3. The number of nitrogens with two attached hydrogens (primary N) is 1. The van der Waals surface area contributed by atoms with Crippen LogP contribution in [0.5, 0.6) is 0 Å². The molecule has 0 aliphatic rings. The second-order valence-corrected chi connectivity index (χ2v) is 2.12. The van der Waals surface area contributed by atoms with Crippen LogP contribution in [0.1, 0.15) is 0 Å². The van der Waals surface area contributed by atoms with E-state index < -0.39 is 14.5 Å². The second kappa shape index (κ2) is 20.4. The van der Waals surface area contributed by atoms with Gasteiger partial charge in [-0.1, -0.05) is 8.25 Å². The van der Waals surface area contributed by atoms with Gasteiger partial charge in [-0.2, -0.15) is 0 Å². The van der Waals surface area contributed by atoms with Crippen molar-refractivity contribution in [2.75, 3.05) is 19.8 Å². The molecule has 0 fully saturated rings. The van der Waals surface area contributed by atoms with Crippen molar-refractivity contribution in [3.05, 3.63) is 0 Å². The monoisotopic (exact) mass is 247 g/mol. The Kier molecular flexibility index (Phi) is 36.4. The minimum absolute atomic E-state index is 0. The molecule has 0 saturated heterocycles. The van der Waals surface area contributed by atoms with Crippen LogP contribution in [0, 0.1) is 0 Å². The molecule has 0 heterocycles. The van der Waals surface area contributed by atoms with Gasteiger partial charge in [-0.25, -0.2) is 0 Å². The fraction of sp³-hybridized carbons (Fsp3) is 1.00. The van der Waals surface area contributed by atoms with E-state index in [0.29, 0.717) is 0 Å². The van der Waals surface area contributed by atoms with E-state index in [9.17, 15) is 0 Å². The zero-order valence-corrected chi connectivity index (χ0v) is 13.3. The third-order valence-corrected chi connectivity index (χ3v) is 0.524. The van der Waals surface area contributed by atoms with Crippen LogP contribution in [0.25, 0.3) is 0 Å². The minimum Gasteiger partial charge on any atom is -0.813 e. The number of rotatable bonds is 4. The van der Waals surface area contributed by atoms with Crippen LogP contribution in [-0.2, 0) is 9.30 Å². The van der Waals surface area contributed by atoms with Crippen molar-refractivity contribution < 1.29 is 88.4 Å². The summed E-state index contributed by atoms with van der Waals surface area (Å²) in [5, 5.41) is 16.5. The zero-order chi connectivity index (χ0) is 9.98. The van der Waals surface area contributed by atoms with E-state index in [1.807, 2.05) is 0 Å². The van der Waals surface area contributed by atoms with Gasteiger partial charge in [0, 0.05) is 0 Å². The molecule has 0 aromatic rings. The summed E-state index contributed by atoms with van der Waals surface area (Å²) in [5.41, 5.74) is 4.88. The largest absolute Gasteiger partial charge is 1.00 e. The van der Waals surface area contributed by atoms with E-state index in [0.717, 1.165) is 0 Å². The molecule has 0 aliphatic carbocycles. The van der Waals surface area contributed by atoms with Crippen LogP contribution >= 0.6 is 8.25 Å². The van der Waals surface area contributed by atoms with E-state index in [1.54, 1.807) is 0 Å². The fourth-order valence-corrected chi connectivity index (χ4v) is 0.269. The summed E-state index contributed by atoms with van der Waals surface area (Å²) in [6.45, 7) is 0.279. The molecule has 76 valence electrons. The fourth-order valence-electron chi connectivity index (χ4n) is 0.269. The van der Waals surface area contributed by atoms with Crippen LogP contribution in [0.15, 0.2) is 0 Å². The van der Waals surface area contributed by atoms with Gasteiger partial charge in [0.1, 0.15) is 6.23 Å². The Bertz CT molecular complexity index is 114. The maximum atomic E-state index is 8.52. The Morgan fingerprint density at radius 2 is 1.79 bits per heavy atom. The van der Waals surface area contributed by atoms with Crippen LogP contribution < -0.4 is 74.6 Å². The number of ether oxygens (including phenoxy) is 1. The Balaban J connectivity index is -0.0000000733. The van der Waals surface area contributed by atoms with Gasteiger partial charge in [-0.05, 0) is 0 Å². The van der Waals surface area contributed by atoms with E-state index in [1.165, 1.54) is 0 Å².